The smallest absolute Gasteiger partial charge is 0.167 e. The lowest BCUT2D eigenvalue weighted by atomic mass is 9.66. The molecular weight excluding hydrogens is 310 g/mol. The van der Waals surface area contributed by atoms with Crippen LogP contribution in [0.1, 0.15) is 41.3 Å². The number of ketones is 1. The fourth-order valence-corrected chi connectivity index (χ4v) is 4.32. The van der Waals surface area contributed by atoms with Gasteiger partial charge in [0.05, 0.1) is 0 Å². The zero-order valence-electron chi connectivity index (χ0n) is 15.0. The van der Waals surface area contributed by atoms with Crippen LogP contribution in [0, 0.1) is 5.92 Å². The first kappa shape index (κ1) is 16.3. The maximum absolute atomic E-state index is 12.9. The minimum atomic E-state index is 0.0603. The number of carbonyl (C=O) groups is 1. The summed E-state index contributed by atoms with van der Waals surface area (Å²) in [5, 5.41) is 0. The van der Waals surface area contributed by atoms with Gasteiger partial charge in [-0.1, -0.05) is 37.3 Å². The van der Waals surface area contributed by atoms with E-state index >= 15 is 0 Å². The zero-order valence-corrected chi connectivity index (χ0v) is 15.0. The number of benzene rings is 2. The molecule has 3 nitrogen and oxygen atoms in total. The van der Waals surface area contributed by atoms with Crippen LogP contribution in [0.25, 0.3) is 0 Å². The Morgan fingerprint density at radius 3 is 2.80 bits per heavy atom. The van der Waals surface area contributed by atoms with Crippen molar-refractivity contribution in [1.82, 2.24) is 4.90 Å². The molecule has 0 radical (unpaired) electrons. The lowest BCUT2D eigenvalue weighted by Gasteiger charge is -2.37. The van der Waals surface area contributed by atoms with Crippen LogP contribution < -0.4 is 4.74 Å². The molecule has 25 heavy (non-hydrogen) atoms. The van der Waals surface area contributed by atoms with Gasteiger partial charge in [-0.25, -0.2) is 0 Å². The topological polar surface area (TPSA) is 29.5 Å². The van der Waals surface area contributed by atoms with Crippen molar-refractivity contribution in [2.75, 3.05) is 20.1 Å². The molecule has 130 valence electrons. The molecule has 2 bridgehead atoms. The van der Waals surface area contributed by atoms with Crippen LogP contribution in [-0.2, 0) is 12.0 Å². The maximum Gasteiger partial charge on any atom is 0.167 e. The average Bonchev–Trinajstić information content (AvgIpc) is 2.77. The van der Waals surface area contributed by atoms with E-state index in [-0.39, 0.29) is 11.3 Å². The van der Waals surface area contributed by atoms with Gasteiger partial charge in [0.15, 0.2) is 5.78 Å². The Labute approximate surface area is 149 Å². The molecule has 2 atom stereocenters. The standard InChI is InChI=1S/C22H25NO2/c1-22-10-11-23(2)14-17(13-22)21(24)19-9-8-18(12-20(19)22)25-15-16-6-4-3-5-7-16/h3-9,12,17H,10-11,13-15H2,1-2H3. The summed E-state index contributed by atoms with van der Waals surface area (Å²) in [5.41, 5.74) is 3.29. The highest BCUT2D eigenvalue weighted by atomic mass is 16.5. The predicted octanol–water partition coefficient (Wildman–Crippen LogP) is 4.06. The van der Waals surface area contributed by atoms with E-state index < -0.39 is 0 Å². The number of hydrogen-bond acceptors (Lipinski definition) is 3. The molecule has 1 fully saturated rings. The number of fused-ring (bicyclic) bond motifs is 4. The molecule has 2 unspecified atom stereocenters. The van der Waals surface area contributed by atoms with Gasteiger partial charge in [-0.3, -0.25) is 4.79 Å². The van der Waals surface area contributed by atoms with Gasteiger partial charge >= 0.3 is 0 Å². The van der Waals surface area contributed by atoms with E-state index in [1.807, 2.05) is 30.3 Å². The van der Waals surface area contributed by atoms with E-state index in [0.29, 0.717) is 12.4 Å². The lowest BCUT2D eigenvalue weighted by molar-refractivity contribution is 0.0861. The molecule has 4 rings (SSSR count). The van der Waals surface area contributed by atoms with E-state index in [9.17, 15) is 4.79 Å². The Hall–Kier alpha value is -2.13. The molecule has 1 aliphatic carbocycles. The van der Waals surface area contributed by atoms with Crippen molar-refractivity contribution in [1.29, 1.82) is 0 Å². The second-order valence-electron chi connectivity index (χ2n) is 7.82. The quantitative estimate of drug-likeness (QED) is 0.847. The Bertz CT molecular complexity index is 786. The van der Waals surface area contributed by atoms with Crippen LogP contribution in [0.15, 0.2) is 48.5 Å². The molecule has 0 spiro atoms. The first-order valence-corrected chi connectivity index (χ1v) is 9.09. The van der Waals surface area contributed by atoms with Gasteiger partial charge in [0.25, 0.3) is 0 Å². The Morgan fingerprint density at radius 2 is 2.00 bits per heavy atom. The third-order valence-electron chi connectivity index (χ3n) is 5.80. The highest BCUT2D eigenvalue weighted by Crippen LogP contribution is 2.45. The molecule has 0 N–H and O–H groups in total. The van der Waals surface area contributed by atoms with Crippen LogP contribution in [0.3, 0.4) is 0 Å². The lowest BCUT2D eigenvalue weighted by Crippen LogP contribution is -2.37. The van der Waals surface area contributed by atoms with Gasteiger partial charge in [0.2, 0.25) is 0 Å². The Kier molecular flexibility index (Phi) is 4.12. The van der Waals surface area contributed by atoms with E-state index in [4.69, 9.17) is 4.74 Å². The Morgan fingerprint density at radius 1 is 1.20 bits per heavy atom. The van der Waals surface area contributed by atoms with Crippen molar-refractivity contribution >= 4 is 5.78 Å². The van der Waals surface area contributed by atoms with E-state index in [2.05, 4.69) is 37.1 Å². The summed E-state index contributed by atoms with van der Waals surface area (Å²) in [5.74, 6) is 1.28. The van der Waals surface area contributed by atoms with Gasteiger partial charge in [-0.15, -0.1) is 0 Å². The number of rotatable bonds is 3. The van der Waals surface area contributed by atoms with Crippen LogP contribution >= 0.6 is 0 Å². The van der Waals surface area contributed by atoms with Gasteiger partial charge < -0.3 is 9.64 Å². The van der Waals surface area contributed by atoms with Gasteiger partial charge in [-0.05, 0) is 61.2 Å². The van der Waals surface area contributed by atoms with Crippen molar-refractivity contribution in [3.05, 3.63) is 65.2 Å². The summed E-state index contributed by atoms with van der Waals surface area (Å²) in [7, 11) is 2.12. The van der Waals surface area contributed by atoms with Crippen LogP contribution in [-0.4, -0.2) is 30.8 Å². The van der Waals surface area contributed by atoms with Gasteiger partial charge in [0, 0.05) is 18.0 Å². The fraction of sp³-hybridized carbons (Fsp3) is 0.409. The van der Waals surface area contributed by atoms with Crippen LogP contribution in [0.4, 0.5) is 0 Å². The highest BCUT2D eigenvalue weighted by molar-refractivity contribution is 6.01. The molecular formula is C22H25NO2. The second kappa shape index (κ2) is 6.30. The number of hydrogen-bond donors (Lipinski definition) is 0. The van der Waals surface area contributed by atoms with Crippen LogP contribution in [0.2, 0.25) is 0 Å². The minimum Gasteiger partial charge on any atom is -0.489 e. The molecule has 2 aromatic rings. The molecule has 1 heterocycles. The first-order chi connectivity index (χ1) is 12.0. The number of Topliss-reactive ketones (excluding diaryl/α,β-unsaturated/α-hetero) is 1. The summed E-state index contributed by atoms with van der Waals surface area (Å²) in [6.45, 7) is 4.77. The number of ether oxygens (including phenoxy) is 1. The summed E-state index contributed by atoms with van der Waals surface area (Å²) >= 11 is 0. The third kappa shape index (κ3) is 3.09. The SMILES string of the molecule is CN1CCC2(C)CC(C1)C(=O)c1ccc(OCc3ccccc3)cc12. The van der Waals surface area contributed by atoms with Gasteiger partial charge in [0.1, 0.15) is 12.4 Å². The van der Waals surface area contributed by atoms with E-state index in [1.54, 1.807) is 0 Å². The van der Waals surface area contributed by atoms with Gasteiger partial charge in [-0.2, -0.15) is 0 Å². The number of nitrogens with zero attached hydrogens (tertiary/aromatic N) is 1. The summed E-state index contributed by atoms with van der Waals surface area (Å²) < 4.78 is 6.01. The molecule has 1 saturated heterocycles. The summed E-state index contributed by atoms with van der Waals surface area (Å²) in [4.78, 5) is 15.2. The highest BCUT2D eigenvalue weighted by Gasteiger charge is 2.43. The molecule has 0 saturated carbocycles. The summed E-state index contributed by atoms with van der Waals surface area (Å²) in [6.07, 6.45) is 2.04. The van der Waals surface area contributed by atoms with Crippen molar-refractivity contribution in [2.45, 2.75) is 31.8 Å². The second-order valence-corrected chi connectivity index (χ2v) is 7.82. The normalized spacial score (nSPS) is 26.0. The van der Waals surface area contributed by atoms with Crippen LogP contribution in [0.5, 0.6) is 5.75 Å². The predicted molar refractivity (Wildman–Crippen MR) is 99.1 cm³/mol. The molecule has 2 aliphatic rings. The maximum atomic E-state index is 12.9. The molecule has 0 aromatic heterocycles. The number of likely N-dealkylation sites (tertiary alicyclic amines) is 1. The van der Waals surface area contributed by atoms with Crippen molar-refractivity contribution in [3.8, 4) is 5.75 Å². The van der Waals surface area contributed by atoms with Crippen molar-refractivity contribution < 1.29 is 9.53 Å². The van der Waals surface area contributed by atoms with E-state index in [0.717, 1.165) is 42.8 Å². The monoisotopic (exact) mass is 335 g/mol. The van der Waals surface area contributed by atoms with Crippen molar-refractivity contribution in [2.24, 2.45) is 5.92 Å². The zero-order chi connectivity index (χ0) is 17.4. The number of carbonyl (C=O) groups excluding carboxylic acids is 1. The third-order valence-corrected chi connectivity index (χ3v) is 5.80. The Balaban J connectivity index is 1.63. The fourth-order valence-electron chi connectivity index (χ4n) is 4.32. The average molecular weight is 335 g/mol. The first-order valence-electron chi connectivity index (χ1n) is 9.09. The minimum absolute atomic E-state index is 0.0603. The molecule has 2 aromatic carbocycles. The van der Waals surface area contributed by atoms with Crippen molar-refractivity contribution in [3.63, 3.8) is 0 Å². The van der Waals surface area contributed by atoms with E-state index in [1.165, 1.54) is 5.56 Å². The molecule has 3 heteroatoms. The summed E-state index contributed by atoms with van der Waals surface area (Å²) in [6, 6.07) is 16.2. The largest absolute Gasteiger partial charge is 0.489 e. The molecule has 1 aliphatic heterocycles. The molecule has 0 amide bonds.